The lowest BCUT2D eigenvalue weighted by molar-refractivity contribution is -0.117. The summed E-state index contributed by atoms with van der Waals surface area (Å²) in [5.74, 6) is 0.199. The van der Waals surface area contributed by atoms with Crippen LogP contribution in [-0.4, -0.2) is 43.9 Å². The van der Waals surface area contributed by atoms with Crippen molar-refractivity contribution in [1.29, 1.82) is 0 Å². The third-order valence-corrected chi connectivity index (χ3v) is 6.25. The molecule has 1 N–H and O–H groups in total. The minimum absolute atomic E-state index is 0.0331. The van der Waals surface area contributed by atoms with Gasteiger partial charge in [0.05, 0.1) is 11.3 Å². The SMILES string of the molecule is O=C(NCC1CCCc2ccccc21)C1=CC=CN2CCS(=O)(=O)N=C12. The summed E-state index contributed by atoms with van der Waals surface area (Å²) in [7, 11) is -3.50. The molecule has 4 rings (SSSR count). The highest BCUT2D eigenvalue weighted by atomic mass is 32.2. The lowest BCUT2D eigenvalue weighted by Crippen LogP contribution is -2.43. The molecule has 26 heavy (non-hydrogen) atoms. The summed E-state index contributed by atoms with van der Waals surface area (Å²) in [5, 5.41) is 2.98. The number of aryl methyl sites for hydroxylation is 1. The fraction of sp³-hybridized carbons (Fsp3) is 0.368. The van der Waals surface area contributed by atoms with Crippen LogP contribution in [0.25, 0.3) is 0 Å². The summed E-state index contributed by atoms with van der Waals surface area (Å²) in [6.45, 7) is 0.856. The predicted molar refractivity (Wildman–Crippen MR) is 100 cm³/mol. The van der Waals surface area contributed by atoms with Gasteiger partial charge in [-0.2, -0.15) is 0 Å². The van der Waals surface area contributed by atoms with Gasteiger partial charge in [0.1, 0.15) is 0 Å². The zero-order valence-corrected chi connectivity index (χ0v) is 15.2. The minimum atomic E-state index is -3.50. The van der Waals surface area contributed by atoms with Crippen molar-refractivity contribution in [3.63, 3.8) is 0 Å². The van der Waals surface area contributed by atoms with E-state index in [1.165, 1.54) is 11.1 Å². The van der Waals surface area contributed by atoms with Crippen molar-refractivity contribution in [2.45, 2.75) is 25.2 Å². The molecule has 0 spiro atoms. The Labute approximate surface area is 153 Å². The largest absolute Gasteiger partial charge is 0.351 e. The fourth-order valence-corrected chi connectivity index (χ4v) is 4.76. The highest BCUT2D eigenvalue weighted by Crippen LogP contribution is 2.31. The number of rotatable bonds is 3. The monoisotopic (exact) mass is 371 g/mol. The van der Waals surface area contributed by atoms with E-state index in [1.807, 2.05) is 6.07 Å². The summed E-state index contributed by atoms with van der Waals surface area (Å²) in [6.07, 6.45) is 8.36. The first-order chi connectivity index (χ1) is 12.5. The van der Waals surface area contributed by atoms with E-state index in [-0.39, 0.29) is 23.4 Å². The van der Waals surface area contributed by atoms with Crippen LogP contribution in [0.2, 0.25) is 0 Å². The summed E-state index contributed by atoms with van der Waals surface area (Å²) < 4.78 is 27.4. The topological polar surface area (TPSA) is 78.8 Å². The lowest BCUT2D eigenvalue weighted by Gasteiger charge is -2.29. The number of benzene rings is 1. The lowest BCUT2D eigenvalue weighted by atomic mass is 9.83. The molecule has 2 heterocycles. The van der Waals surface area contributed by atoms with Crippen LogP contribution in [0.15, 0.2) is 52.6 Å². The molecule has 0 radical (unpaired) electrons. The quantitative estimate of drug-likeness (QED) is 0.877. The van der Waals surface area contributed by atoms with Gasteiger partial charge in [-0.1, -0.05) is 24.3 Å². The number of hydrogen-bond donors (Lipinski definition) is 1. The Kier molecular flexibility index (Phi) is 4.40. The molecule has 1 unspecified atom stereocenters. The van der Waals surface area contributed by atoms with Crippen LogP contribution in [0.4, 0.5) is 0 Å². The van der Waals surface area contributed by atoms with Crippen LogP contribution in [-0.2, 0) is 21.2 Å². The van der Waals surface area contributed by atoms with E-state index in [4.69, 9.17) is 0 Å². The highest BCUT2D eigenvalue weighted by molar-refractivity contribution is 7.90. The van der Waals surface area contributed by atoms with E-state index < -0.39 is 10.0 Å². The molecule has 1 aromatic rings. The first-order valence-electron chi connectivity index (χ1n) is 8.88. The van der Waals surface area contributed by atoms with Crippen LogP contribution in [0.3, 0.4) is 0 Å². The maximum atomic E-state index is 12.7. The van der Waals surface area contributed by atoms with Crippen molar-refractivity contribution in [1.82, 2.24) is 10.2 Å². The number of allylic oxidation sites excluding steroid dienone is 2. The number of amides is 1. The van der Waals surface area contributed by atoms with Gasteiger partial charge < -0.3 is 10.2 Å². The zero-order chi connectivity index (χ0) is 18.1. The average Bonchev–Trinajstić information content (AvgIpc) is 2.65. The smallest absolute Gasteiger partial charge is 0.256 e. The van der Waals surface area contributed by atoms with Crippen LogP contribution in [0.5, 0.6) is 0 Å². The summed E-state index contributed by atoms with van der Waals surface area (Å²) in [5.41, 5.74) is 2.96. The molecule has 1 aliphatic carbocycles. The molecular formula is C19H21N3O3S. The fourth-order valence-electron chi connectivity index (χ4n) is 3.77. The van der Waals surface area contributed by atoms with Crippen LogP contribution < -0.4 is 5.32 Å². The van der Waals surface area contributed by atoms with Gasteiger partial charge in [0.2, 0.25) is 0 Å². The molecule has 0 fully saturated rings. The average molecular weight is 371 g/mol. The number of fused-ring (bicyclic) bond motifs is 2. The molecule has 3 aliphatic rings. The Hall–Kier alpha value is -2.41. The van der Waals surface area contributed by atoms with E-state index in [0.717, 1.165) is 19.3 Å². The number of amidine groups is 1. The molecule has 6 nitrogen and oxygen atoms in total. The molecule has 7 heteroatoms. The van der Waals surface area contributed by atoms with Gasteiger partial charge in [0, 0.05) is 25.2 Å². The Morgan fingerprint density at radius 2 is 2.15 bits per heavy atom. The number of nitrogens with zero attached hydrogens (tertiary/aromatic N) is 2. The molecule has 1 amide bonds. The van der Waals surface area contributed by atoms with Crippen molar-refractivity contribution in [2.75, 3.05) is 18.8 Å². The van der Waals surface area contributed by atoms with Crippen molar-refractivity contribution in [3.8, 4) is 0 Å². The Balaban J connectivity index is 1.50. The second-order valence-electron chi connectivity index (χ2n) is 6.81. The molecule has 1 aromatic carbocycles. The molecule has 0 aromatic heterocycles. The minimum Gasteiger partial charge on any atom is -0.351 e. The Bertz CT molecular complexity index is 931. The summed E-state index contributed by atoms with van der Waals surface area (Å²) in [4.78, 5) is 14.4. The maximum absolute atomic E-state index is 12.7. The third-order valence-electron chi connectivity index (χ3n) is 5.10. The Morgan fingerprint density at radius 1 is 1.31 bits per heavy atom. The molecule has 0 bridgehead atoms. The van der Waals surface area contributed by atoms with Crippen LogP contribution in [0, 0.1) is 0 Å². The van der Waals surface area contributed by atoms with E-state index in [9.17, 15) is 13.2 Å². The van der Waals surface area contributed by atoms with Gasteiger partial charge in [-0.05, 0) is 42.5 Å². The van der Waals surface area contributed by atoms with Gasteiger partial charge in [0.15, 0.2) is 5.84 Å². The molecule has 1 atom stereocenters. The summed E-state index contributed by atoms with van der Waals surface area (Å²) >= 11 is 0. The van der Waals surface area contributed by atoms with Gasteiger partial charge in [-0.3, -0.25) is 4.79 Å². The van der Waals surface area contributed by atoms with Gasteiger partial charge in [0.25, 0.3) is 15.9 Å². The van der Waals surface area contributed by atoms with Gasteiger partial charge in [-0.25, -0.2) is 8.42 Å². The van der Waals surface area contributed by atoms with E-state index in [2.05, 4.69) is 27.9 Å². The maximum Gasteiger partial charge on any atom is 0.256 e. The van der Waals surface area contributed by atoms with Crippen molar-refractivity contribution >= 4 is 21.8 Å². The van der Waals surface area contributed by atoms with Crippen molar-refractivity contribution < 1.29 is 13.2 Å². The van der Waals surface area contributed by atoms with Crippen molar-refractivity contribution in [2.24, 2.45) is 4.40 Å². The molecular weight excluding hydrogens is 350 g/mol. The Morgan fingerprint density at radius 3 is 3.04 bits per heavy atom. The van der Waals surface area contributed by atoms with Gasteiger partial charge in [-0.15, -0.1) is 4.40 Å². The molecule has 2 aliphatic heterocycles. The van der Waals surface area contributed by atoms with Crippen LogP contribution >= 0.6 is 0 Å². The second kappa shape index (κ2) is 6.72. The number of hydrogen-bond acceptors (Lipinski definition) is 4. The number of sulfonamides is 1. The predicted octanol–water partition coefficient (Wildman–Crippen LogP) is 1.72. The first kappa shape index (κ1) is 17.0. The summed E-state index contributed by atoms with van der Waals surface area (Å²) in [6, 6.07) is 8.37. The number of nitrogens with one attached hydrogen (secondary N) is 1. The number of carbonyl (C=O) groups excluding carboxylic acids is 1. The first-order valence-corrected chi connectivity index (χ1v) is 10.5. The van der Waals surface area contributed by atoms with Gasteiger partial charge >= 0.3 is 0 Å². The van der Waals surface area contributed by atoms with E-state index >= 15 is 0 Å². The standard InChI is InChI=1S/C19H21N3O3S/c23-19(17-9-4-10-22-11-12-26(24,25)21-18(17)22)20-13-15-7-3-6-14-5-1-2-8-16(14)15/h1-2,4-5,8-10,15H,3,6-7,11-13H2,(H,20,23). The van der Waals surface area contributed by atoms with Crippen molar-refractivity contribution in [3.05, 3.63) is 59.3 Å². The van der Waals surface area contributed by atoms with Crippen LogP contribution in [0.1, 0.15) is 29.9 Å². The highest BCUT2D eigenvalue weighted by Gasteiger charge is 2.30. The molecule has 0 saturated carbocycles. The molecule has 136 valence electrons. The second-order valence-corrected chi connectivity index (χ2v) is 8.57. The third kappa shape index (κ3) is 3.31. The normalized spacial score (nSPS) is 23.4. The van der Waals surface area contributed by atoms with E-state index in [1.54, 1.807) is 23.3 Å². The van der Waals surface area contributed by atoms with E-state index in [0.29, 0.717) is 18.7 Å². The number of carbonyl (C=O) groups is 1. The molecule has 0 saturated heterocycles. The zero-order valence-electron chi connectivity index (χ0n) is 14.4.